The molecule has 1 aromatic rings. The third-order valence-electron chi connectivity index (χ3n) is 1.75. The van der Waals surface area contributed by atoms with E-state index in [-0.39, 0.29) is 5.78 Å². The fourth-order valence-corrected chi connectivity index (χ4v) is 1.00. The van der Waals surface area contributed by atoms with Gasteiger partial charge in [0.1, 0.15) is 5.78 Å². The molecule has 0 amide bonds. The molecule has 0 aliphatic rings. The summed E-state index contributed by atoms with van der Waals surface area (Å²) in [7, 11) is 1.83. The van der Waals surface area contributed by atoms with Gasteiger partial charge in [-0.2, -0.15) is 0 Å². The molecule has 0 fully saturated rings. The summed E-state index contributed by atoms with van der Waals surface area (Å²) in [5, 5.41) is 7.72. The van der Waals surface area contributed by atoms with Crippen LogP contribution in [0.4, 0.5) is 0 Å². The average molecular weight is 197 g/mol. The van der Waals surface area contributed by atoms with Crippen molar-refractivity contribution < 1.29 is 9.53 Å². The van der Waals surface area contributed by atoms with Crippen molar-refractivity contribution in [3.05, 3.63) is 11.9 Å². The monoisotopic (exact) mass is 197 g/mol. The quantitative estimate of drug-likeness (QED) is 0.617. The topological polar surface area (TPSA) is 57.0 Å². The Labute approximate surface area is 83.1 Å². The van der Waals surface area contributed by atoms with Gasteiger partial charge in [-0.3, -0.25) is 9.48 Å². The van der Waals surface area contributed by atoms with Gasteiger partial charge in [0.25, 0.3) is 0 Å². The number of hydrogen-bond acceptors (Lipinski definition) is 4. The molecule has 0 aromatic carbocycles. The van der Waals surface area contributed by atoms with E-state index in [4.69, 9.17) is 4.74 Å². The maximum atomic E-state index is 10.6. The van der Waals surface area contributed by atoms with Gasteiger partial charge in [-0.05, 0) is 6.92 Å². The van der Waals surface area contributed by atoms with E-state index in [9.17, 15) is 4.79 Å². The van der Waals surface area contributed by atoms with Crippen LogP contribution in [0.1, 0.15) is 19.0 Å². The second-order valence-corrected chi connectivity index (χ2v) is 3.20. The number of hydrogen-bond donors (Lipinski definition) is 0. The number of carbonyl (C=O) groups is 1. The number of aromatic nitrogens is 3. The Balaban J connectivity index is 2.07. The molecule has 0 saturated heterocycles. The molecule has 0 N–H and O–H groups in total. The Morgan fingerprint density at radius 3 is 2.93 bits per heavy atom. The Kier molecular flexibility index (Phi) is 4.25. The maximum Gasteiger partial charge on any atom is 0.132 e. The Hall–Kier alpha value is -1.23. The number of aryl methyl sites for hydroxylation is 1. The van der Waals surface area contributed by atoms with Crippen molar-refractivity contribution in [2.45, 2.75) is 19.8 Å². The molecule has 0 saturated carbocycles. The normalized spacial score (nSPS) is 10.4. The molecule has 1 heterocycles. The number of ketones is 1. The van der Waals surface area contributed by atoms with Gasteiger partial charge in [0.2, 0.25) is 0 Å². The van der Waals surface area contributed by atoms with E-state index in [1.54, 1.807) is 11.6 Å². The number of nitrogens with zero attached hydrogens (tertiary/aromatic N) is 3. The van der Waals surface area contributed by atoms with E-state index in [1.165, 1.54) is 0 Å². The summed E-state index contributed by atoms with van der Waals surface area (Å²) >= 11 is 0. The van der Waals surface area contributed by atoms with E-state index in [0.717, 1.165) is 12.1 Å². The Bertz CT molecular complexity index is 296. The van der Waals surface area contributed by atoms with Gasteiger partial charge in [0.15, 0.2) is 0 Å². The molecule has 0 radical (unpaired) electrons. The van der Waals surface area contributed by atoms with Gasteiger partial charge >= 0.3 is 0 Å². The van der Waals surface area contributed by atoms with Crippen molar-refractivity contribution in [2.24, 2.45) is 7.05 Å². The molecule has 0 spiro atoms. The summed E-state index contributed by atoms with van der Waals surface area (Å²) < 4.78 is 6.92. The van der Waals surface area contributed by atoms with E-state index in [1.807, 2.05) is 13.2 Å². The molecule has 0 unspecified atom stereocenters. The molecule has 5 heteroatoms. The first-order valence-electron chi connectivity index (χ1n) is 4.61. The minimum Gasteiger partial charge on any atom is -0.381 e. The predicted molar refractivity (Wildman–Crippen MR) is 50.8 cm³/mol. The van der Waals surface area contributed by atoms with Crippen LogP contribution in [0, 0.1) is 0 Å². The molecule has 14 heavy (non-hydrogen) atoms. The molecule has 0 bridgehead atoms. The summed E-state index contributed by atoms with van der Waals surface area (Å²) in [6.07, 6.45) is 3.08. The van der Waals surface area contributed by atoms with Crippen molar-refractivity contribution >= 4 is 5.78 Å². The lowest BCUT2D eigenvalue weighted by atomic mass is 10.3. The Morgan fingerprint density at radius 2 is 2.36 bits per heavy atom. The fourth-order valence-electron chi connectivity index (χ4n) is 1.00. The van der Waals surface area contributed by atoms with Gasteiger partial charge in [0, 0.05) is 26.1 Å². The summed E-state index contributed by atoms with van der Waals surface area (Å²) in [6.45, 7) is 2.65. The lowest BCUT2D eigenvalue weighted by Crippen LogP contribution is -2.03. The van der Waals surface area contributed by atoms with Gasteiger partial charge in [0.05, 0.1) is 18.9 Å². The summed E-state index contributed by atoms with van der Waals surface area (Å²) in [4.78, 5) is 10.6. The van der Waals surface area contributed by atoms with Crippen molar-refractivity contribution in [1.82, 2.24) is 15.0 Å². The summed E-state index contributed by atoms with van der Waals surface area (Å²) in [6, 6.07) is 0. The van der Waals surface area contributed by atoms with Crippen molar-refractivity contribution in [3.8, 4) is 0 Å². The average Bonchev–Trinajstić information content (AvgIpc) is 2.50. The van der Waals surface area contributed by atoms with Gasteiger partial charge < -0.3 is 4.74 Å². The SMILES string of the molecule is CC(=O)CCOCCc1cn(C)nn1. The molecule has 1 aromatic heterocycles. The first kappa shape index (κ1) is 10.8. The fraction of sp³-hybridized carbons (Fsp3) is 0.667. The minimum atomic E-state index is 0.157. The zero-order valence-electron chi connectivity index (χ0n) is 8.56. The third kappa shape index (κ3) is 4.13. The smallest absolute Gasteiger partial charge is 0.132 e. The second kappa shape index (κ2) is 5.49. The van der Waals surface area contributed by atoms with Crippen molar-refractivity contribution in [2.75, 3.05) is 13.2 Å². The largest absolute Gasteiger partial charge is 0.381 e. The standard InChI is InChI=1S/C9H15N3O2/c1-8(13)3-5-14-6-4-9-7-12(2)11-10-9/h7H,3-6H2,1-2H3. The third-order valence-corrected chi connectivity index (χ3v) is 1.75. The van der Waals surface area contributed by atoms with Crippen LogP contribution in [0.3, 0.4) is 0 Å². The molecule has 1 rings (SSSR count). The van der Waals surface area contributed by atoms with Crippen LogP contribution in [0.5, 0.6) is 0 Å². The zero-order chi connectivity index (χ0) is 10.4. The highest BCUT2D eigenvalue weighted by atomic mass is 16.5. The number of ether oxygens (including phenoxy) is 1. The molecule has 5 nitrogen and oxygen atoms in total. The highest BCUT2D eigenvalue weighted by molar-refractivity contribution is 5.75. The second-order valence-electron chi connectivity index (χ2n) is 3.20. The number of carbonyl (C=O) groups excluding carboxylic acids is 1. The molecular formula is C9H15N3O2. The van der Waals surface area contributed by atoms with Gasteiger partial charge in [-0.25, -0.2) is 0 Å². The first-order valence-corrected chi connectivity index (χ1v) is 4.61. The van der Waals surface area contributed by atoms with Crippen molar-refractivity contribution in [1.29, 1.82) is 0 Å². The van der Waals surface area contributed by atoms with Gasteiger partial charge in [-0.15, -0.1) is 5.10 Å². The van der Waals surface area contributed by atoms with E-state index < -0.39 is 0 Å². The first-order chi connectivity index (χ1) is 6.68. The Morgan fingerprint density at radius 1 is 1.57 bits per heavy atom. The van der Waals surface area contributed by atoms with Crippen LogP contribution in [0.25, 0.3) is 0 Å². The summed E-state index contributed by atoms with van der Waals surface area (Å²) in [5.41, 5.74) is 0.912. The van der Waals surface area contributed by atoms with Crippen LogP contribution in [-0.2, 0) is 23.0 Å². The van der Waals surface area contributed by atoms with Gasteiger partial charge in [-0.1, -0.05) is 5.21 Å². The zero-order valence-corrected chi connectivity index (χ0v) is 8.56. The lowest BCUT2D eigenvalue weighted by molar-refractivity contribution is -0.118. The van der Waals surface area contributed by atoms with Crippen LogP contribution in [-0.4, -0.2) is 34.0 Å². The predicted octanol–water partition coefficient (Wildman–Crippen LogP) is 0.353. The molecule has 78 valence electrons. The molecular weight excluding hydrogens is 182 g/mol. The highest BCUT2D eigenvalue weighted by Gasteiger charge is 1.98. The van der Waals surface area contributed by atoms with Crippen LogP contribution < -0.4 is 0 Å². The molecule has 0 atom stereocenters. The molecule has 0 aliphatic heterocycles. The van der Waals surface area contributed by atoms with Crippen LogP contribution >= 0.6 is 0 Å². The van der Waals surface area contributed by atoms with Crippen LogP contribution in [0.15, 0.2) is 6.20 Å². The minimum absolute atomic E-state index is 0.157. The van der Waals surface area contributed by atoms with E-state index in [0.29, 0.717) is 19.6 Å². The lowest BCUT2D eigenvalue weighted by Gasteiger charge is -1.99. The number of rotatable bonds is 6. The maximum absolute atomic E-state index is 10.6. The van der Waals surface area contributed by atoms with Crippen molar-refractivity contribution in [3.63, 3.8) is 0 Å². The summed E-state index contributed by atoms with van der Waals surface area (Å²) in [5.74, 6) is 0.157. The van der Waals surface area contributed by atoms with E-state index in [2.05, 4.69) is 10.3 Å². The number of Topliss-reactive ketones (excluding diaryl/α,β-unsaturated/α-hetero) is 1. The van der Waals surface area contributed by atoms with Crippen LogP contribution in [0.2, 0.25) is 0 Å². The molecule has 0 aliphatic carbocycles. The van der Waals surface area contributed by atoms with E-state index >= 15 is 0 Å². The highest BCUT2D eigenvalue weighted by Crippen LogP contribution is 1.94.